The van der Waals surface area contributed by atoms with Crippen molar-refractivity contribution >= 4 is 40.9 Å². The molecule has 1 aromatic heterocycles. The lowest BCUT2D eigenvalue weighted by Crippen LogP contribution is -2.58. The molecular formula is C30H39N5O5S. The number of nitrogens with zero attached hydrogens (tertiary/aromatic N) is 2. The largest absolute Gasteiger partial charge is 0.349 e. The van der Waals surface area contributed by atoms with Gasteiger partial charge < -0.3 is 25.8 Å². The van der Waals surface area contributed by atoms with E-state index in [0.29, 0.717) is 25.8 Å². The molecule has 10 nitrogen and oxygen atoms in total. The van der Waals surface area contributed by atoms with Gasteiger partial charge in [0.1, 0.15) is 18.1 Å². The Labute approximate surface area is 244 Å². The Morgan fingerprint density at radius 1 is 1.00 bits per heavy atom. The fourth-order valence-electron chi connectivity index (χ4n) is 5.40. The Morgan fingerprint density at radius 2 is 1.76 bits per heavy atom. The molecule has 5 amide bonds. The molecule has 220 valence electrons. The highest BCUT2D eigenvalue weighted by molar-refractivity contribution is 7.10. The highest BCUT2D eigenvalue weighted by Crippen LogP contribution is 2.20. The van der Waals surface area contributed by atoms with Gasteiger partial charge in [-0.25, -0.2) is 0 Å². The molecule has 2 aromatic rings. The van der Waals surface area contributed by atoms with Crippen LogP contribution in [0.4, 0.5) is 0 Å². The van der Waals surface area contributed by atoms with Gasteiger partial charge in [-0.3, -0.25) is 24.0 Å². The first-order valence-electron chi connectivity index (χ1n) is 14.2. The summed E-state index contributed by atoms with van der Waals surface area (Å²) in [4.78, 5) is 70.8. The molecular weight excluding hydrogens is 542 g/mol. The van der Waals surface area contributed by atoms with E-state index < -0.39 is 30.1 Å². The smallest absolute Gasteiger partial charge is 0.245 e. The van der Waals surface area contributed by atoms with Crippen LogP contribution in [-0.4, -0.2) is 83.1 Å². The van der Waals surface area contributed by atoms with Gasteiger partial charge in [0.25, 0.3) is 0 Å². The molecule has 2 aliphatic heterocycles. The number of hydrogen-bond donors (Lipinski definition) is 3. The standard InChI is InChI=1S/C30H39N5O5S/c1-19(2)27-29(39)32-22(15-21-9-5-4-6-10-21)17-34(26(37)16-23-11-8-14-41-23)18-25(36)31-20(3)30(40)35-13-7-12-24(35)28(38)33-27/h4-6,8-11,14,19-20,22,24,27H,7,12-13,15-18H2,1-3H3,(H,31,36)(H,32,39)(H,33,38)/t20-,22-,24+,27-/m0/s1. The van der Waals surface area contributed by atoms with Gasteiger partial charge in [-0.2, -0.15) is 0 Å². The maximum Gasteiger partial charge on any atom is 0.245 e. The van der Waals surface area contributed by atoms with E-state index in [1.807, 2.05) is 61.7 Å². The van der Waals surface area contributed by atoms with Gasteiger partial charge in [-0.05, 0) is 49.1 Å². The van der Waals surface area contributed by atoms with Gasteiger partial charge in [0, 0.05) is 18.0 Å². The van der Waals surface area contributed by atoms with Gasteiger partial charge in [0.15, 0.2) is 0 Å². The predicted octanol–water partition coefficient (Wildman–Crippen LogP) is 1.50. The number of benzene rings is 1. The predicted molar refractivity (Wildman–Crippen MR) is 156 cm³/mol. The van der Waals surface area contributed by atoms with Gasteiger partial charge in [0.05, 0.1) is 19.0 Å². The molecule has 0 saturated carbocycles. The summed E-state index contributed by atoms with van der Waals surface area (Å²) in [6.07, 6.45) is 1.66. The lowest BCUT2D eigenvalue weighted by Gasteiger charge is -2.31. The zero-order valence-corrected chi connectivity index (χ0v) is 24.6. The first-order valence-corrected chi connectivity index (χ1v) is 15.0. The molecule has 1 aromatic carbocycles. The van der Waals surface area contributed by atoms with Crippen molar-refractivity contribution in [3.05, 3.63) is 58.3 Å². The maximum atomic E-state index is 13.7. The Morgan fingerprint density at radius 3 is 2.44 bits per heavy atom. The van der Waals surface area contributed by atoms with Gasteiger partial charge in [-0.1, -0.05) is 50.2 Å². The van der Waals surface area contributed by atoms with E-state index in [-0.39, 0.29) is 49.1 Å². The van der Waals surface area contributed by atoms with Crippen molar-refractivity contribution in [2.75, 3.05) is 19.6 Å². The van der Waals surface area contributed by atoms with E-state index in [4.69, 9.17) is 0 Å². The topological polar surface area (TPSA) is 128 Å². The highest BCUT2D eigenvalue weighted by atomic mass is 32.1. The molecule has 2 fully saturated rings. The van der Waals surface area contributed by atoms with Crippen molar-refractivity contribution in [3.63, 3.8) is 0 Å². The lowest BCUT2D eigenvalue weighted by molar-refractivity contribution is -0.142. The van der Waals surface area contributed by atoms with E-state index in [1.54, 1.807) is 6.92 Å². The monoisotopic (exact) mass is 581 g/mol. The molecule has 0 bridgehead atoms. The third-order valence-corrected chi connectivity index (χ3v) is 8.41. The first kappa shape index (κ1) is 30.2. The maximum absolute atomic E-state index is 13.7. The molecule has 3 N–H and O–H groups in total. The lowest BCUT2D eigenvalue weighted by atomic mass is 10.00. The summed E-state index contributed by atoms with van der Waals surface area (Å²) in [5, 5.41) is 10.6. The van der Waals surface area contributed by atoms with Crippen molar-refractivity contribution < 1.29 is 24.0 Å². The van der Waals surface area contributed by atoms with E-state index in [2.05, 4.69) is 16.0 Å². The zero-order valence-electron chi connectivity index (χ0n) is 23.8. The third kappa shape index (κ3) is 7.93. The van der Waals surface area contributed by atoms with Crippen LogP contribution in [0.3, 0.4) is 0 Å². The van der Waals surface area contributed by atoms with Crippen LogP contribution in [0.25, 0.3) is 0 Å². The van der Waals surface area contributed by atoms with Gasteiger partial charge >= 0.3 is 0 Å². The number of carbonyl (C=O) groups is 5. The molecule has 11 heteroatoms. The number of fused-ring (bicyclic) bond motifs is 1. The summed E-state index contributed by atoms with van der Waals surface area (Å²) < 4.78 is 0. The number of amides is 5. The minimum atomic E-state index is -0.879. The summed E-state index contributed by atoms with van der Waals surface area (Å²) in [5.74, 6) is -2.09. The van der Waals surface area contributed by atoms with Crippen LogP contribution in [0.15, 0.2) is 47.8 Å². The second-order valence-corrected chi connectivity index (χ2v) is 12.2. The third-order valence-electron chi connectivity index (χ3n) is 7.54. The quantitative estimate of drug-likeness (QED) is 0.493. The van der Waals surface area contributed by atoms with Crippen molar-refractivity contribution in [3.8, 4) is 0 Å². The number of thiophene rings is 1. The van der Waals surface area contributed by atoms with E-state index in [9.17, 15) is 24.0 Å². The molecule has 3 heterocycles. The van der Waals surface area contributed by atoms with Crippen LogP contribution in [-0.2, 0) is 36.8 Å². The van der Waals surface area contributed by atoms with E-state index in [1.165, 1.54) is 21.1 Å². The molecule has 2 aliphatic rings. The molecule has 0 spiro atoms. The Bertz CT molecular complexity index is 1240. The Balaban J connectivity index is 1.67. The highest BCUT2D eigenvalue weighted by Gasteiger charge is 2.39. The average molecular weight is 582 g/mol. The van der Waals surface area contributed by atoms with Crippen LogP contribution in [0.1, 0.15) is 44.1 Å². The zero-order chi connectivity index (χ0) is 29.5. The number of rotatable bonds is 5. The van der Waals surface area contributed by atoms with Crippen molar-refractivity contribution in [1.29, 1.82) is 0 Å². The van der Waals surface area contributed by atoms with Crippen LogP contribution in [0.5, 0.6) is 0 Å². The minimum Gasteiger partial charge on any atom is -0.349 e. The second-order valence-electron chi connectivity index (χ2n) is 11.1. The van der Waals surface area contributed by atoms with Crippen LogP contribution in [0, 0.1) is 5.92 Å². The summed E-state index contributed by atoms with van der Waals surface area (Å²) in [5.41, 5.74) is 0.955. The van der Waals surface area contributed by atoms with Crippen molar-refractivity contribution in [1.82, 2.24) is 25.8 Å². The molecule has 0 unspecified atom stereocenters. The van der Waals surface area contributed by atoms with Gasteiger partial charge in [0.2, 0.25) is 29.5 Å². The SMILES string of the molecule is CC(C)[C@@H]1NC(=O)[C@H]2CCCN2C(=O)[C@H](C)NC(=O)CN(C(=O)Cc2cccs2)C[C@H](Cc2ccccc2)NC1=O. The van der Waals surface area contributed by atoms with E-state index >= 15 is 0 Å². The molecule has 4 rings (SSSR count). The molecule has 0 radical (unpaired) electrons. The number of hydrogen-bond acceptors (Lipinski definition) is 6. The van der Waals surface area contributed by atoms with Crippen LogP contribution < -0.4 is 16.0 Å². The van der Waals surface area contributed by atoms with Crippen LogP contribution >= 0.6 is 11.3 Å². The summed E-state index contributed by atoms with van der Waals surface area (Å²) in [6, 6.07) is 10.4. The van der Waals surface area contributed by atoms with Crippen LogP contribution in [0.2, 0.25) is 0 Å². The summed E-state index contributed by atoms with van der Waals surface area (Å²) >= 11 is 1.46. The second kappa shape index (κ2) is 13.8. The fraction of sp³-hybridized carbons (Fsp3) is 0.500. The fourth-order valence-corrected chi connectivity index (χ4v) is 6.10. The van der Waals surface area contributed by atoms with E-state index in [0.717, 1.165) is 10.4 Å². The van der Waals surface area contributed by atoms with Crippen molar-refractivity contribution in [2.24, 2.45) is 5.92 Å². The normalized spacial score (nSPS) is 24.7. The molecule has 41 heavy (non-hydrogen) atoms. The Hall–Kier alpha value is -3.73. The number of carbonyl (C=O) groups excluding carboxylic acids is 5. The average Bonchev–Trinajstić information content (AvgIpc) is 3.63. The van der Waals surface area contributed by atoms with Gasteiger partial charge in [-0.15, -0.1) is 11.3 Å². The summed E-state index contributed by atoms with van der Waals surface area (Å²) in [7, 11) is 0. The summed E-state index contributed by atoms with van der Waals surface area (Å²) in [6.45, 7) is 5.49. The van der Waals surface area contributed by atoms with Crippen molar-refractivity contribution in [2.45, 2.75) is 70.6 Å². The molecule has 0 aliphatic carbocycles. The molecule has 4 atom stereocenters. The number of nitrogens with one attached hydrogen (secondary N) is 3. The first-order chi connectivity index (χ1) is 19.6. The molecule has 2 saturated heterocycles. The minimum absolute atomic E-state index is 0.0775. The Kier molecular flexibility index (Phi) is 10.1.